The average Bonchev–Trinajstić information content (AvgIpc) is 3.53. The van der Waals surface area contributed by atoms with Crippen molar-refractivity contribution in [3.05, 3.63) is 34.8 Å². The number of anilines is 3. The van der Waals surface area contributed by atoms with Crippen LogP contribution in [0.25, 0.3) is 0 Å². The van der Waals surface area contributed by atoms with Gasteiger partial charge in [-0.05, 0) is 51.2 Å². The Kier molecular flexibility index (Phi) is 4.56. The number of aromatic nitrogens is 3. The van der Waals surface area contributed by atoms with E-state index in [0.29, 0.717) is 23.9 Å². The Morgan fingerprint density at radius 3 is 2.57 bits per heavy atom. The number of ketones is 1. The number of pyridine rings is 1. The highest BCUT2D eigenvalue weighted by atomic mass is 16.2. The molecule has 1 spiro atoms. The minimum absolute atomic E-state index is 0.0204. The molecule has 156 valence electrons. The lowest BCUT2D eigenvalue weighted by atomic mass is 9.72. The summed E-state index contributed by atoms with van der Waals surface area (Å²) >= 11 is 0. The molecular formula is C23H27N5O2. The Morgan fingerprint density at radius 2 is 1.83 bits per heavy atom. The van der Waals surface area contributed by atoms with Crippen LogP contribution in [0.3, 0.4) is 0 Å². The second-order valence-electron chi connectivity index (χ2n) is 9.07. The third-order valence-electron chi connectivity index (χ3n) is 6.83. The Hall–Kier alpha value is -2.83. The van der Waals surface area contributed by atoms with Gasteiger partial charge in [-0.25, -0.2) is 15.0 Å². The second kappa shape index (κ2) is 7.15. The summed E-state index contributed by atoms with van der Waals surface area (Å²) in [6.07, 6.45) is 9.53. The van der Waals surface area contributed by atoms with Gasteiger partial charge in [0.2, 0.25) is 5.91 Å². The molecule has 7 heteroatoms. The molecule has 2 aromatic heterocycles. The van der Waals surface area contributed by atoms with Crippen LogP contribution in [0.4, 0.5) is 17.5 Å². The van der Waals surface area contributed by atoms with Gasteiger partial charge in [0.1, 0.15) is 23.8 Å². The van der Waals surface area contributed by atoms with Gasteiger partial charge in [-0.15, -0.1) is 0 Å². The van der Waals surface area contributed by atoms with E-state index in [-0.39, 0.29) is 23.0 Å². The number of nitrogens with one attached hydrogen (secondary N) is 2. The van der Waals surface area contributed by atoms with Crippen molar-refractivity contribution in [2.75, 3.05) is 10.6 Å². The summed E-state index contributed by atoms with van der Waals surface area (Å²) in [5, 5.41) is 6.22. The summed E-state index contributed by atoms with van der Waals surface area (Å²) in [6, 6.07) is 1.92. The molecule has 0 bridgehead atoms. The predicted octanol–water partition coefficient (Wildman–Crippen LogP) is 4.37. The number of hydrogen-bond acceptors (Lipinski definition) is 6. The van der Waals surface area contributed by atoms with Gasteiger partial charge in [-0.1, -0.05) is 19.3 Å². The third-order valence-corrected chi connectivity index (χ3v) is 6.83. The molecule has 1 amide bonds. The van der Waals surface area contributed by atoms with Crippen LogP contribution in [0, 0.1) is 19.8 Å². The van der Waals surface area contributed by atoms with Crippen LogP contribution in [-0.2, 0) is 10.2 Å². The van der Waals surface area contributed by atoms with E-state index in [4.69, 9.17) is 4.98 Å². The minimum Gasteiger partial charge on any atom is -0.325 e. The molecule has 30 heavy (non-hydrogen) atoms. The first-order valence-electron chi connectivity index (χ1n) is 10.9. The highest BCUT2D eigenvalue weighted by molar-refractivity contribution is 6.03. The first kappa shape index (κ1) is 19.2. The maximum atomic E-state index is 12.8. The zero-order chi connectivity index (χ0) is 20.9. The van der Waals surface area contributed by atoms with Crippen LogP contribution in [0.1, 0.15) is 78.5 Å². The summed E-state index contributed by atoms with van der Waals surface area (Å²) in [5.74, 6) is 2.19. The van der Waals surface area contributed by atoms with Gasteiger partial charge < -0.3 is 10.6 Å². The maximum absolute atomic E-state index is 12.8. The smallest absolute Gasteiger partial charge is 0.228 e. The van der Waals surface area contributed by atoms with Crippen LogP contribution in [0.2, 0.25) is 0 Å². The average molecular weight is 406 g/mol. The normalized spacial score (nSPS) is 19.6. The number of carbonyl (C=O) groups excluding carboxylic acids is 2. The van der Waals surface area contributed by atoms with Crippen molar-refractivity contribution in [2.24, 2.45) is 5.92 Å². The fraction of sp³-hybridized carbons (Fsp3) is 0.522. The van der Waals surface area contributed by atoms with E-state index in [0.717, 1.165) is 60.9 Å². The molecule has 7 nitrogen and oxygen atoms in total. The SMILES string of the molecule is Cc1cc(Nc2ncnc(NC(=O)C3CC3)c2C)nc2c1C(=O)CC21CCCCC1. The number of fused-ring (bicyclic) bond motifs is 2. The van der Waals surface area contributed by atoms with Gasteiger partial charge in [0.15, 0.2) is 5.78 Å². The first-order valence-corrected chi connectivity index (χ1v) is 10.9. The van der Waals surface area contributed by atoms with Crippen molar-refractivity contribution < 1.29 is 9.59 Å². The van der Waals surface area contributed by atoms with Crippen LogP contribution in [0.15, 0.2) is 12.4 Å². The van der Waals surface area contributed by atoms with Gasteiger partial charge in [-0.2, -0.15) is 0 Å². The minimum atomic E-state index is -0.1000. The van der Waals surface area contributed by atoms with Crippen molar-refractivity contribution in [1.82, 2.24) is 15.0 Å². The van der Waals surface area contributed by atoms with E-state index in [1.807, 2.05) is 19.9 Å². The van der Waals surface area contributed by atoms with E-state index < -0.39 is 0 Å². The predicted molar refractivity (Wildman–Crippen MR) is 114 cm³/mol. The van der Waals surface area contributed by atoms with E-state index in [1.165, 1.54) is 12.7 Å². The lowest BCUT2D eigenvalue weighted by Crippen LogP contribution is -2.27. The lowest BCUT2D eigenvalue weighted by molar-refractivity contribution is -0.117. The maximum Gasteiger partial charge on any atom is 0.228 e. The molecule has 3 aliphatic carbocycles. The van der Waals surface area contributed by atoms with E-state index in [1.54, 1.807) is 0 Å². The van der Waals surface area contributed by atoms with E-state index >= 15 is 0 Å². The highest BCUT2D eigenvalue weighted by Crippen LogP contribution is 2.49. The molecule has 3 aliphatic rings. The number of nitrogens with zero attached hydrogens (tertiary/aromatic N) is 3. The molecule has 0 aromatic carbocycles. The number of Topliss-reactive ketones (excluding diaryl/α,β-unsaturated/α-hetero) is 1. The standard InChI is InChI=1S/C23H27N5O2/c1-13-10-17(26-19-18(13)16(29)11-23(19)8-4-3-5-9-23)27-20-14(2)21(25-12-24-20)28-22(30)15-6-7-15/h10,12,15H,3-9,11H2,1-2H3,(H2,24,25,26,27,28,30). The van der Waals surface area contributed by atoms with Crippen LogP contribution >= 0.6 is 0 Å². The molecule has 2 aromatic rings. The molecular weight excluding hydrogens is 378 g/mol. The molecule has 2 fully saturated rings. The van der Waals surface area contributed by atoms with Crippen molar-refractivity contribution in [1.29, 1.82) is 0 Å². The molecule has 2 N–H and O–H groups in total. The fourth-order valence-electron chi connectivity index (χ4n) is 4.98. The van der Waals surface area contributed by atoms with Gasteiger partial charge in [0.25, 0.3) is 0 Å². The van der Waals surface area contributed by atoms with Crippen LogP contribution < -0.4 is 10.6 Å². The molecule has 0 saturated heterocycles. The number of carbonyl (C=O) groups is 2. The van der Waals surface area contributed by atoms with Gasteiger partial charge in [-0.3, -0.25) is 9.59 Å². The van der Waals surface area contributed by atoms with Gasteiger partial charge in [0, 0.05) is 28.9 Å². The molecule has 5 rings (SSSR count). The Labute approximate surface area is 176 Å². The second-order valence-corrected chi connectivity index (χ2v) is 9.07. The zero-order valence-corrected chi connectivity index (χ0v) is 17.5. The Balaban J connectivity index is 1.46. The highest BCUT2D eigenvalue weighted by Gasteiger charge is 2.46. The molecule has 0 unspecified atom stereocenters. The molecule has 0 atom stereocenters. The third kappa shape index (κ3) is 3.26. The molecule has 0 aliphatic heterocycles. The number of rotatable bonds is 4. The summed E-state index contributed by atoms with van der Waals surface area (Å²) in [4.78, 5) is 38.4. The summed E-state index contributed by atoms with van der Waals surface area (Å²) in [5.41, 5.74) is 3.42. The monoisotopic (exact) mass is 405 g/mol. The van der Waals surface area contributed by atoms with Crippen LogP contribution in [-0.4, -0.2) is 26.6 Å². The largest absolute Gasteiger partial charge is 0.325 e. The van der Waals surface area contributed by atoms with Crippen molar-refractivity contribution >= 4 is 29.1 Å². The van der Waals surface area contributed by atoms with Gasteiger partial charge >= 0.3 is 0 Å². The summed E-state index contributed by atoms with van der Waals surface area (Å²) in [6.45, 7) is 3.87. The Bertz CT molecular complexity index is 1040. The molecule has 0 radical (unpaired) electrons. The summed E-state index contributed by atoms with van der Waals surface area (Å²) in [7, 11) is 0. The van der Waals surface area contributed by atoms with Gasteiger partial charge in [0.05, 0.1) is 5.69 Å². The molecule has 2 heterocycles. The van der Waals surface area contributed by atoms with E-state index in [2.05, 4.69) is 20.6 Å². The number of hydrogen-bond donors (Lipinski definition) is 2. The van der Waals surface area contributed by atoms with Crippen molar-refractivity contribution in [2.45, 2.75) is 70.6 Å². The first-order chi connectivity index (χ1) is 14.5. The van der Waals surface area contributed by atoms with Crippen molar-refractivity contribution in [3.63, 3.8) is 0 Å². The fourth-order valence-corrected chi connectivity index (χ4v) is 4.98. The zero-order valence-electron chi connectivity index (χ0n) is 17.5. The summed E-state index contributed by atoms with van der Waals surface area (Å²) < 4.78 is 0. The van der Waals surface area contributed by atoms with E-state index in [9.17, 15) is 9.59 Å². The van der Waals surface area contributed by atoms with Crippen molar-refractivity contribution in [3.8, 4) is 0 Å². The van der Waals surface area contributed by atoms with Crippen LogP contribution in [0.5, 0.6) is 0 Å². The quantitative estimate of drug-likeness (QED) is 0.784. The number of aryl methyl sites for hydroxylation is 1. The lowest BCUT2D eigenvalue weighted by Gasteiger charge is -2.33. The topological polar surface area (TPSA) is 96.9 Å². The molecule has 2 saturated carbocycles. The Morgan fingerprint density at radius 1 is 1.10 bits per heavy atom. The number of amides is 1.